The van der Waals surface area contributed by atoms with Crippen LogP contribution in [0.3, 0.4) is 0 Å². The maximum atomic E-state index is 14.6. The number of carboxylic acid groups (broad SMARTS) is 1. The molecule has 0 aliphatic carbocycles. The van der Waals surface area contributed by atoms with Crippen LogP contribution in [0.1, 0.15) is 24.0 Å². The Labute approximate surface area is 165 Å². The fourth-order valence-corrected chi connectivity index (χ4v) is 3.31. The second-order valence-electron chi connectivity index (χ2n) is 6.02. The summed E-state index contributed by atoms with van der Waals surface area (Å²) in [5.41, 5.74) is -1.17. The molecule has 2 aromatic carbocycles. The number of benzene rings is 2. The van der Waals surface area contributed by atoms with Crippen LogP contribution in [0.5, 0.6) is 0 Å². The number of halogens is 3. The smallest absolute Gasteiger partial charge is 0.329 e. The average molecular weight is 456 g/mol. The van der Waals surface area contributed by atoms with E-state index in [0.29, 0.717) is 5.56 Å². The first kappa shape index (κ1) is 19.3. The van der Waals surface area contributed by atoms with E-state index in [9.17, 15) is 23.9 Å². The molecule has 0 bridgehead atoms. The van der Waals surface area contributed by atoms with Gasteiger partial charge < -0.3 is 10.1 Å². The van der Waals surface area contributed by atoms with Gasteiger partial charge in [-0.2, -0.15) is 0 Å². The molecule has 0 saturated carbocycles. The van der Waals surface area contributed by atoms with Crippen LogP contribution < -0.4 is 11.2 Å². The van der Waals surface area contributed by atoms with Crippen LogP contribution in [0.25, 0.3) is 10.9 Å². The number of aliphatic carboxylic acids is 1. The van der Waals surface area contributed by atoms with Crippen molar-refractivity contribution in [2.45, 2.75) is 19.4 Å². The summed E-state index contributed by atoms with van der Waals surface area (Å²) < 4.78 is 16.3. The van der Waals surface area contributed by atoms with E-state index in [2.05, 4.69) is 20.9 Å². The quantitative estimate of drug-likeness (QED) is 0.630. The number of carboxylic acids is 1. The van der Waals surface area contributed by atoms with Gasteiger partial charge >= 0.3 is 11.7 Å². The minimum absolute atomic E-state index is 0.00782. The largest absolute Gasteiger partial charge is 0.481 e. The summed E-state index contributed by atoms with van der Waals surface area (Å²) in [5.74, 6) is -3.63. The summed E-state index contributed by atoms with van der Waals surface area (Å²) in [4.78, 5) is 39.2. The lowest BCUT2D eigenvalue weighted by Crippen LogP contribution is -2.36. The Morgan fingerprint density at radius 1 is 1.33 bits per heavy atom. The van der Waals surface area contributed by atoms with Gasteiger partial charge in [0.1, 0.15) is 5.82 Å². The molecule has 2 N–H and O–H groups in total. The van der Waals surface area contributed by atoms with Gasteiger partial charge in [0.25, 0.3) is 5.56 Å². The first-order valence-electron chi connectivity index (χ1n) is 7.82. The number of carbonyl (C=O) groups is 1. The van der Waals surface area contributed by atoms with Crippen LogP contribution in [0.2, 0.25) is 5.02 Å². The van der Waals surface area contributed by atoms with Gasteiger partial charge in [-0.05, 0) is 30.7 Å². The monoisotopic (exact) mass is 454 g/mol. The van der Waals surface area contributed by atoms with Gasteiger partial charge in [0.05, 0.1) is 28.4 Å². The van der Waals surface area contributed by atoms with Crippen LogP contribution >= 0.6 is 27.5 Å². The predicted octanol–water partition coefficient (Wildman–Crippen LogP) is 3.48. The summed E-state index contributed by atoms with van der Waals surface area (Å²) in [5, 5.41) is 8.72. The number of nitrogens with one attached hydrogen (secondary N) is 1. The average Bonchev–Trinajstić information content (AvgIpc) is 2.61. The highest BCUT2D eigenvalue weighted by molar-refractivity contribution is 9.10. The number of H-pyrrole nitrogens is 1. The molecular weight excluding hydrogens is 443 g/mol. The Balaban J connectivity index is 2.31. The van der Waals surface area contributed by atoms with Crippen molar-refractivity contribution in [3.63, 3.8) is 0 Å². The zero-order chi connectivity index (χ0) is 19.9. The number of hydrogen-bond acceptors (Lipinski definition) is 3. The fourth-order valence-electron chi connectivity index (χ4n) is 2.83. The Morgan fingerprint density at radius 3 is 2.56 bits per heavy atom. The first-order chi connectivity index (χ1) is 12.7. The van der Waals surface area contributed by atoms with Crippen LogP contribution in [-0.4, -0.2) is 20.6 Å². The molecule has 6 nitrogen and oxygen atoms in total. The van der Waals surface area contributed by atoms with Gasteiger partial charge in [0, 0.05) is 10.0 Å². The van der Waals surface area contributed by atoms with Crippen molar-refractivity contribution < 1.29 is 14.3 Å². The first-order valence-corrected chi connectivity index (χ1v) is 8.99. The minimum atomic E-state index is -1.33. The van der Waals surface area contributed by atoms with E-state index < -0.39 is 29.0 Å². The summed E-state index contributed by atoms with van der Waals surface area (Å²) in [6.45, 7) is 1.20. The van der Waals surface area contributed by atoms with E-state index >= 15 is 0 Å². The van der Waals surface area contributed by atoms with Crippen molar-refractivity contribution in [3.05, 3.63) is 77.6 Å². The zero-order valence-electron chi connectivity index (χ0n) is 13.9. The molecule has 0 radical (unpaired) electrons. The molecule has 0 saturated heterocycles. The van der Waals surface area contributed by atoms with Crippen LogP contribution in [-0.2, 0) is 11.3 Å². The third kappa shape index (κ3) is 3.54. The molecule has 27 heavy (non-hydrogen) atoms. The summed E-state index contributed by atoms with van der Waals surface area (Å²) in [6.07, 6.45) is 0. The molecular formula is C18H13BrClFN2O4. The molecule has 0 aliphatic heterocycles. The number of rotatable bonds is 4. The second-order valence-corrected chi connectivity index (χ2v) is 7.34. The Morgan fingerprint density at radius 2 is 1.96 bits per heavy atom. The molecule has 140 valence electrons. The maximum absolute atomic E-state index is 14.6. The summed E-state index contributed by atoms with van der Waals surface area (Å²) >= 11 is 9.13. The van der Waals surface area contributed by atoms with Crippen LogP contribution in [0.4, 0.5) is 4.39 Å². The molecule has 0 aliphatic rings. The van der Waals surface area contributed by atoms with Crippen molar-refractivity contribution in [2.75, 3.05) is 0 Å². The van der Waals surface area contributed by atoms with Gasteiger partial charge in [-0.1, -0.05) is 39.7 Å². The fraction of sp³-hybridized carbons (Fsp3) is 0.167. The molecule has 0 amide bonds. The third-order valence-corrected chi connectivity index (χ3v) is 5.06. The molecule has 1 aromatic heterocycles. The van der Waals surface area contributed by atoms with Crippen LogP contribution in [0, 0.1) is 5.82 Å². The molecule has 1 atom stereocenters. The van der Waals surface area contributed by atoms with E-state index in [-0.39, 0.29) is 28.0 Å². The van der Waals surface area contributed by atoms with Crippen LogP contribution in [0.15, 0.2) is 44.4 Å². The lowest BCUT2D eigenvalue weighted by Gasteiger charge is -2.14. The van der Waals surface area contributed by atoms with Crippen molar-refractivity contribution in [3.8, 4) is 0 Å². The van der Waals surface area contributed by atoms with Gasteiger partial charge in [-0.3, -0.25) is 14.2 Å². The molecule has 1 heterocycles. The van der Waals surface area contributed by atoms with Crippen molar-refractivity contribution in [1.82, 2.24) is 9.55 Å². The highest BCUT2D eigenvalue weighted by atomic mass is 79.9. The molecule has 1 unspecified atom stereocenters. The Kier molecular flexibility index (Phi) is 5.21. The molecule has 3 aromatic rings. The van der Waals surface area contributed by atoms with Gasteiger partial charge in [0.15, 0.2) is 0 Å². The molecule has 3 rings (SSSR count). The van der Waals surface area contributed by atoms with Crippen molar-refractivity contribution in [2.24, 2.45) is 0 Å². The van der Waals surface area contributed by atoms with Gasteiger partial charge in [-0.15, -0.1) is 0 Å². The summed E-state index contributed by atoms with van der Waals surface area (Å²) in [6, 6.07) is 8.07. The maximum Gasteiger partial charge on any atom is 0.329 e. The van der Waals surface area contributed by atoms with E-state index in [0.717, 1.165) is 15.1 Å². The number of aromatic amines is 1. The van der Waals surface area contributed by atoms with Crippen molar-refractivity contribution >= 4 is 44.4 Å². The summed E-state index contributed by atoms with van der Waals surface area (Å²) in [7, 11) is 0. The Hall–Kier alpha value is -2.45. The zero-order valence-corrected chi connectivity index (χ0v) is 16.3. The highest BCUT2D eigenvalue weighted by Gasteiger charge is 2.26. The van der Waals surface area contributed by atoms with Gasteiger partial charge in [-0.25, -0.2) is 9.18 Å². The standard InChI is InChI=1S/C18H13BrClFN2O4/c1-8(17(25)26)13-14-12(6-11(20)15(13)21)22-18(27)23(16(14)24)7-9-2-4-10(19)5-3-9/h2-6,8H,7H2,1H3,(H,22,27)(H,25,26). The van der Waals surface area contributed by atoms with E-state index in [4.69, 9.17) is 11.6 Å². The number of hydrogen-bond donors (Lipinski definition) is 2. The molecule has 0 spiro atoms. The second kappa shape index (κ2) is 7.28. The number of nitrogens with zero attached hydrogens (tertiary/aromatic N) is 1. The van der Waals surface area contributed by atoms with E-state index in [1.54, 1.807) is 24.3 Å². The predicted molar refractivity (Wildman–Crippen MR) is 103 cm³/mol. The lowest BCUT2D eigenvalue weighted by atomic mass is 9.96. The highest BCUT2D eigenvalue weighted by Crippen LogP contribution is 2.30. The van der Waals surface area contributed by atoms with E-state index in [1.165, 1.54) is 6.92 Å². The third-order valence-electron chi connectivity index (χ3n) is 4.26. The molecule has 0 fully saturated rings. The topological polar surface area (TPSA) is 92.2 Å². The normalized spacial score (nSPS) is 12.3. The van der Waals surface area contributed by atoms with Gasteiger partial charge in [0.2, 0.25) is 0 Å². The lowest BCUT2D eigenvalue weighted by molar-refractivity contribution is -0.138. The SMILES string of the molecule is CC(C(=O)O)c1c(F)c(Cl)cc2[nH]c(=O)n(Cc3ccc(Br)cc3)c(=O)c12. The van der Waals surface area contributed by atoms with E-state index in [1.807, 2.05) is 0 Å². The minimum Gasteiger partial charge on any atom is -0.481 e. The van der Waals surface area contributed by atoms with Crippen molar-refractivity contribution in [1.29, 1.82) is 0 Å². The molecule has 9 heteroatoms. The number of fused-ring (bicyclic) bond motifs is 1. The number of aromatic nitrogens is 2. The Bertz CT molecular complexity index is 1170.